The quantitative estimate of drug-likeness (QED) is 0.362. The summed E-state index contributed by atoms with van der Waals surface area (Å²) in [5.74, 6) is -1.19. The fourth-order valence-electron chi connectivity index (χ4n) is 1.83. The predicted octanol–water partition coefficient (Wildman–Crippen LogP) is 5.40. The Labute approximate surface area is 157 Å². The molecule has 2 aromatic rings. The number of benzene rings is 1. The molecule has 0 aliphatic rings. The number of alkyl halides is 7. The van der Waals surface area contributed by atoms with Gasteiger partial charge < -0.3 is 9.47 Å². The number of nitrogens with one attached hydrogen (secondary N) is 1. The molecule has 0 aliphatic heterocycles. The second-order valence-electron chi connectivity index (χ2n) is 4.88. The summed E-state index contributed by atoms with van der Waals surface area (Å²) in [6.07, 6.45) is -3.17. The molecule has 1 heterocycles. The summed E-state index contributed by atoms with van der Waals surface area (Å²) in [4.78, 5) is 3.46. The molecule has 0 amide bonds. The molecule has 0 atom stereocenters. The van der Waals surface area contributed by atoms with E-state index in [1.165, 1.54) is 0 Å². The summed E-state index contributed by atoms with van der Waals surface area (Å²) >= 11 is 5.68. The molecule has 1 N–H and O–H groups in total. The van der Waals surface area contributed by atoms with Crippen molar-refractivity contribution in [3.63, 3.8) is 0 Å². The van der Waals surface area contributed by atoms with Crippen LogP contribution in [0.1, 0.15) is 11.1 Å². The van der Waals surface area contributed by atoms with E-state index in [0.29, 0.717) is 12.3 Å². The van der Waals surface area contributed by atoms with E-state index in [1.54, 1.807) is 0 Å². The van der Waals surface area contributed by atoms with Crippen molar-refractivity contribution in [2.24, 2.45) is 5.10 Å². The number of rotatable bonds is 7. The third-order valence-corrected chi connectivity index (χ3v) is 3.26. The van der Waals surface area contributed by atoms with Crippen LogP contribution in [0.5, 0.6) is 11.5 Å². The Hall–Kier alpha value is -2.76. The molecule has 0 bridgehead atoms. The third-order valence-electron chi connectivity index (χ3n) is 2.97. The minimum atomic E-state index is -4.64. The second kappa shape index (κ2) is 8.95. The first kappa shape index (κ1) is 21.5. The van der Waals surface area contributed by atoms with Crippen molar-refractivity contribution in [2.75, 3.05) is 5.43 Å². The maximum Gasteiger partial charge on any atom is 0.417 e. The van der Waals surface area contributed by atoms with Crippen LogP contribution in [0.25, 0.3) is 0 Å². The maximum absolute atomic E-state index is 12.6. The van der Waals surface area contributed by atoms with E-state index in [9.17, 15) is 30.7 Å². The highest BCUT2D eigenvalue weighted by molar-refractivity contribution is 6.32. The van der Waals surface area contributed by atoms with Crippen LogP contribution in [0.3, 0.4) is 0 Å². The van der Waals surface area contributed by atoms with Crippen molar-refractivity contribution < 1.29 is 40.2 Å². The van der Waals surface area contributed by atoms with E-state index in [2.05, 4.69) is 25.0 Å². The van der Waals surface area contributed by atoms with Gasteiger partial charge in [-0.3, -0.25) is 5.43 Å². The standard InChI is InChI=1S/C15H9ClF7N3O2/c16-10-3-8(15(21,22)23)6-24-12(10)26-25-5-7-1-2-9(27-13(17)18)4-11(7)28-14(19)20/h1-6,13-14H,(H,24,26). The Balaban J connectivity index is 2.19. The third kappa shape index (κ3) is 6.15. The number of nitrogens with zero attached hydrogens (tertiary/aromatic N) is 2. The highest BCUT2D eigenvalue weighted by atomic mass is 35.5. The van der Waals surface area contributed by atoms with Crippen molar-refractivity contribution in [1.29, 1.82) is 0 Å². The highest BCUT2D eigenvalue weighted by Crippen LogP contribution is 2.32. The van der Waals surface area contributed by atoms with E-state index in [4.69, 9.17) is 11.6 Å². The number of aromatic nitrogens is 1. The van der Waals surface area contributed by atoms with Gasteiger partial charge in [0, 0.05) is 17.8 Å². The zero-order valence-corrected chi connectivity index (χ0v) is 14.1. The maximum atomic E-state index is 12.6. The van der Waals surface area contributed by atoms with E-state index in [1.807, 2.05) is 0 Å². The van der Waals surface area contributed by atoms with Crippen molar-refractivity contribution in [3.8, 4) is 11.5 Å². The molecule has 0 spiro atoms. The van der Waals surface area contributed by atoms with Gasteiger partial charge in [0.05, 0.1) is 16.8 Å². The fourth-order valence-corrected chi connectivity index (χ4v) is 2.04. The van der Waals surface area contributed by atoms with E-state index in [0.717, 1.165) is 24.4 Å². The molecular weight excluding hydrogens is 423 g/mol. The van der Waals surface area contributed by atoms with Crippen LogP contribution >= 0.6 is 11.6 Å². The van der Waals surface area contributed by atoms with Gasteiger partial charge in [0.15, 0.2) is 5.82 Å². The van der Waals surface area contributed by atoms with Gasteiger partial charge >= 0.3 is 19.4 Å². The number of anilines is 1. The molecule has 5 nitrogen and oxygen atoms in total. The van der Waals surface area contributed by atoms with Crippen molar-refractivity contribution in [3.05, 3.63) is 46.6 Å². The average molecular weight is 432 g/mol. The molecule has 13 heteroatoms. The van der Waals surface area contributed by atoms with Crippen LogP contribution < -0.4 is 14.9 Å². The molecule has 1 aromatic carbocycles. The van der Waals surface area contributed by atoms with E-state index < -0.39 is 41.5 Å². The molecule has 0 aliphatic carbocycles. The number of halogens is 8. The lowest BCUT2D eigenvalue weighted by Gasteiger charge is -2.11. The molecule has 0 fully saturated rings. The molecule has 152 valence electrons. The topological polar surface area (TPSA) is 55.7 Å². The Kier molecular flexibility index (Phi) is 6.89. The first-order valence-electron chi connectivity index (χ1n) is 7.11. The van der Waals surface area contributed by atoms with Gasteiger partial charge in [-0.2, -0.15) is 35.8 Å². The number of hydrogen-bond acceptors (Lipinski definition) is 5. The molecule has 2 rings (SSSR count). The second-order valence-corrected chi connectivity index (χ2v) is 5.29. The number of ether oxygens (including phenoxy) is 2. The Morgan fingerprint density at radius 1 is 1.07 bits per heavy atom. The van der Waals surface area contributed by atoms with Gasteiger partial charge in [-0.1, -0.05) is 11.6 Å². The molecule has 1 aromatic heterocycles. The summed E-state index contributed by atoms with van der Waals surface area (Å²) in [5, 5.41) is 3.21. The molecule has 0 radical (unpaired) electrons. The number of pyridine rings is 1. The number of hydrazone groups is 1. The smallest absolute Gasteiger partial charge is 0.417 e. The first-order valence-corrected chi connectivity index (χ1v) is 7.49. The van der Waals surface area contributed by atoms with Gasteiger partial charge in [0.1, 0.15) is 11.5 Å². The van der Waals surface area contributed by atoms with Crippen LogP contribution in [0.2, 0.25) is 5.02 Å². The van der Waals surface area contributed by atoms with Gasteiger partial charge in [-0.25, -0.2) is 4.98 Å². The van der Waals surface area contributed by atoms with Crippen molar-refractivity contribution >= 4 is 23.6 Å². The minimum absolute atomic E-state index is 0.0718. The lowest BCUT2D eigenvalue weighted by molar-refractivity contribution is -0.137. The molecule has 0 saturated carbocycles. The van der Waals surface area contributed by atoms with Crippen LogP contribution in [-0.4, -0.2) is 24.4 Å². The summed E-state index contributed by atoms with van der Waals surface area (Å²) in [6, 6.07) is 3.56. The van der Waals surface area contributed by atoms with Gasteiger partial charge in [0.2, 0.25) is 0 Å². The average Bonchev–Trinajstić information content (AvgIpc) is 2.56. The van der Waals surface area contributed by atoms with Crippen LogP contribution in [0.15, 0.2) is 35.6 Å². The van der Waals surface area contributed by atoms with Crippen LogP contribution in [-0.2, 0) is 6.18 Å². The molecule has 0 unspecified atom stereocenters. The normalized spacial score (nSPS) is 12.1. The Morgan fingerprint density at radius 3 is 2.32 bits per heavy atom. The van der Waals surface area contributed by atoms with Crippen LogP contribution in [0, 0.1) is 0 Å². The largest absolute Gasteiger partial charge is 0.435 e. The Morgan fingerprint density at radius 2 is 1.75 bits per heavy atom. The fraction of sp³-hybridized carbons (Fsp3) is 0.200. The SMILES string of the molecule is FC(F)Oc1ccc(C=NNc2ncc(C(F)(F)F)cc2Cl)c(OC(F)F)c1. The summed E-state index contributed by atoms with van der Waals surface area (Å²) in [6.45, 7) is -6.43. The minimum Gasteiger partial charge on any atom is -0.435 e. The summed E-state index contributed by atoms with van der Waals surface area (Å²) in [7, 11) is 0. The van der Waals surface area contributed by atoms with Crippen molar-refractivity contribution in [1.82, 2.24) is 4.98 Å². The summed E-state index contributed by atoms with van der Waals surface area (Å²) in [5.41, 5.74) is 1.09. The van der Waals surface area contributed by atoms with Gasteiger partial charge in [0.25, 0.3) is 0 Å². The zero-order chi connectivity index (χ0) is 20.9. The zero-order valence-electron chi connectivity index (χ0n) is 13.4. The van der Waals surface area contributed by atoms with Gasteiger partial charge in [-0.15, -0.1) is 0 Å². The highest BCUT2D eigenvalue weighted by Gasteiger charge is 2.31. The first-order chi connectivity index (χ1) is 13.1. The molecule has 28 heavy (non-hydrogen) atoms. The monoisotopic (exact) mass is 431 g/mol. The molecule has 0 saturated heterocycles. The predicted molar refractivity (Wildman–Crippen MR) is 85.2 cm³/mol. The lowest BCUT2D eigenvalue weighted by Crippen LogP contribution is -2.07. The van der Waals surface area contributed by atoms with Gasteiger partial charge in [-0.05, 0) is 18.2 Å². The van der Waals surface area contributed by atoms with Crippen LogP contribution in [0.4, 0.5) is 36.6 Å². The van der Waals surface area contributed by atoms with Crippen molar-refractivity contribution in [2.45, 2.75) is 19.4 Å². The molecular formula is C15H9ClF7N3O2. The van der Waals surface area contributed by atoms with E-state index in [-0.39, 0.29) is 11.4 Å². The number of hydrogen-bond donors (Lipinski definition) is 1. The Bertz CT molecular complexity index is 847. The van der Waals surface area contributed by atoms with E-state index >= 15 is 0 Å². The summed E-state index contributed by atoms with van der Waals surface area (Å²) < 4.78 is 95.3. The lowest BCUT2D eigenvalue weighted by atomic mass is 10.2.